The number of hydrogen-bond acceptors (Lipinski definition) is 1. The first-order chi connectivity index (χ1) is 7.40. The molecule has 0 atom stereocenters. The lowest BCUT2D eigenvalue weighted by atomic mass is 10.1. The van der Waals surface area contributed by atoms with E-state index < -0.39 is 0 Å². The monoisotopic (exact) mass is 303 g/mol. The second-order valence-electron chi connectivity index (χ2n) is 4.23. The average molecular weight is 305 g/mol. The molecule has 0 unspecified atom stereocenters. The standard InChI is InChI=1S/C12H15BrClNO/c1-7(2)4-12(16)15-11-6-10(14)8(3)5-9(11)13/h5-7H,4H2,1-3H3,(H,15,16). The van der Waals surface area contributed by atoms with Gasteiger partial charge in [0.15, 0.2) is 0 Å². The van der Waals surface area contributed by atoms with E-state index in [1.54, 1.807) is 6.07 Å². The van der Waals surface area contributed by atoms with Gasteiger partial charge in [0.05, 0.1) is 5.69 Å². The zero-order chi connectivity index (χ0) is 12.3. The fourth-order valence-corrected chi connectivity index (χ4v) is 2.03. The third kappa shape index (κ3) is 3.80. The van der Waals surface area contributed by atoms with Crippen molar-refractivity contribution in [3.05, 3.63) is 27.2 Å². The number of anilines is 1. The summed E-state index contributed by atoms with van der Waals surface area (Å²) in [5, 5.41) is 3.49. The predicted molar refractivity (Wildman–Crippen MR) is 72.0 cm³/mol. The molecule has 0 heterocycles. The molecule has 0 spiro atoms. The van der Waals surface area contributed by atoms with Crippen LogP contribution in [0.5, 0.6) is 0 Å². The van der Waals surface area contributed by atoms with Crippen molar-refractivity contribution in [2.45, 2.75) is 27.2 Å². The highest BCUT2D eigenvalue weighted by molar-refractivity contribution is 9.10. The van der Waals surface area contributed by atoms with Gasteiger partial charge in [-0.3, -0.25) is 4.79 Å². The summed E-state index contributed by atoms with van der Waals surface area (Å²) in [5.74, 6) is 0.357. The summed E-state index contributed by atoms with van der Waals surface area (Å²) in [5.41, 5.74) is 1.71. The number of amides is 1. The van der Waals surface area contributed by atoms with Crippen molar-refractivity contribution in [3.63, 3.8) is 0 Å². The van der Waals surface area contributed by atoms with Crippen LogP contribution in [0.15, 0.2) is 16.6 Å². The van der Waals surface area contributed by atoms with Crippen molar-refractivity contribution in [3.8, 4) is 0 Å². The number of aryl methyl sites for hydroxylation is 1. The molecule has 0 aromatic heterocycles. The fourth-order valence-electron chi connectivity index (χ4n) is 1.31. The molecule has 0 fully saturated rings. The topological polar surface area (TPSA) is 29.1 Å². The Hall–Kier alpha value is -0.540. The first-order valence-corrected chi connectivity index (χ1v) is 6.32. The first kappa shape index (κ1) is 13.5. The van der Waals surface area contributed by atoms with Crippen molar-refractivity contribution in [1.29, 1.82) is 0 Å². The summed E-state index contributed by atoms with van der Waals surface area (Å²) >= 11 is 9.41. The number of carbonyl (C=O) groups is 1. The summed E-state index contributed by atoms with van der Waals surface area (Å²) < 4.78 is 0.853. The molecular formula is C12H15BrClNO. The first-order valence-electron chi connectivity index (χ1n) is 5.15. The van der Waals surface area contributed by atoms with Crippen molar-refractivity contribution < 1.29 is 4.79 Å². The van der Waals surface area contributed by atoms with Gasteiger partial charge in [0, 0.05) is 15.9 Å². The Balaban J connectivity index is 2.81. The molecule has 1 rings (SSSR count). The predicted octanol–water partition coefficient (Wildman–Crippen LogP) is 4.40. The maximum absolute atomic E-state index is 11.6. The van der Waals surface area contributed by atoms with Gasteiger partial charge >= 0.3 is 0 Å². The van der Waals surface area contributed by atoms with Crippen LogP contribution in [0.3, 0.4) is 0 Å². The molecule has 1 aromatic carbocycles. The lowest BCUT2D eigenvalue weighted by molar-refractivity contribution is -0.116. The summed E-state index contributed by atoms with van der Waals surface area (Å²) in [4.78, 5) is 11.6. The van der Waals surface area contributed by atoms with Gasteiger partial charge in [-0.05, 0) is 46.5 Å². The SMILES string of the molecule is Cc1cc(Br)c(NC(=O)CC(C)C)cc1Cl. The minimum Gasteiger partial charge on any atom is -0.325 e. The Morgan fingerprint density at radius 2 is 2.12 bits per heavy atom. The molecule has 1 N–H and O–H groups in total. The van der Waals surface area contributed by atoms with Crippen LogP contribution >= 0.6 is 27.5 Å². The van der Waals surface area contributed by atoms with Gasteiger partial charge in [-0.15, -0.1) is 0 Å². The largest absolute Gasteiger partial charge is 0.325 e. The van der Waals surface area contributed by atoms with Crippen molar-refractivity contribution >= 4 is 39.1 Å². The number of carbonyl (C=O) groups excluding carboxylic acids is 1. The van der Waals surface area contributed by atoms with Gasteiger partial charge in [-0.1, -0.05) is 25.4 Å². The average Bonchev–Trinajstić information content (AvgIpc) is 2.12. The van der Waals surface area contributed by atoms with Crippen molar-refractivity contribution in [1.82, 2.24) is 0 Å². The molecule has 0 aliphatic rings. The summed E-state index contributed by atoms with van der Waals surface area (Å²) in [6, 6.07) is 3.66. The molecule has 0 aliphatic carbocycles. The second kappa shape index (κ2) is 5.69. The van der Waals surface area contributed by atoms with Crippen LogP contribution < -0.4 is 5.32 Å². The Morgan fingerprint density at radius 3 is 2.69 bits per heavy atom. The minimum absolute atomic E-state index is 0.00983. The van der Waals surface area contributed by atoms with E-state index in [9.17, 15) is 4.79 Å². The van der Waals surface area contributed by atoms with E-state index in [0.29, 0.717) is 17.4 Å². The fraction of sp³-hybridized carbons (Fsp3) is 0.417. The Kier molecular flexibility index (Phi) is 4.81. The summed E-state index contributed by atoms with van der Waals surface area (Å²) in [6.07, 6.45) is 0.512. The van der Waals surface area contributed by atoms with Crippen LogP contribution in [-0.4, -0.2) is 5.91 Å². The molecule has 2 nitrogen and oxygen atoms in total. The molecule has 4 heteroatoms. The molecule has 0 saturated carbocycles. The highest BCUT2D eigenvalue weighted by Gasteiger charge is 2.09. The minimum atomic E-state index is 0.00983. The van der Waals surface area contributed by atoms with Crippen molar-refractivity contribution in [2.24, 2.45) is 5.92 Å². The van der Waals surface area contributed by atoms with Gasteiger partial charge in [0.2, 0.25) is 5.91 Å². The molecule has 0 radical (unpaired) electrons. The van der Waals surface area contributed by atoms with E-state index in [2.05, 4.69) is 21.2 Å². The normalized spacial score (nSPS) is 10.6. The molecule has 1 aromatic rings. The zero-order valence-electron chi connectivity index (χ0n) is 9.60. The number of halogens is 2. The summed E-state index contributed by atoms with van der Waals surface area (Å²) in [6.45, 7) is 5.94. The Bertz CT molecular complexity index is 404. The van der Waals surface area contributed by atoms with Gasteiger partial charge in [-0.2, -0.15) is 0 Å². The molecular weight excluding hydrogens is 289 g/mol. The van der Waals surface area contributed by atoms with E-state index in [1.807, 2.05) is 26.8 Å². The van der Waals surface area contributed by atoms with Crippen LogP contribution in [0.1, 0.15) is 25.8 Å². The van der Waals surface area contributed by atoms with Crippen molar-refractivity contribution in [2.75, 3.05) is 5.32 Å². The maximum atomic E-state index is 11.6. The Labute approximate surface area is 110 Å². The third-order valence-corrected chi connectivity index (χ3v) is 3.18. The van der Waals surface area contributed by atoms with Crippen LogP contribution in [0.4, 0.5) is 5.69 Å². The molecule has 88 valence electrons. The van der Waals surface area contributed by atoms with E-state index >= 15 is 0 Å². The maximum Gasteiger partial charge on any atom is 0.224 e. The molecule has 0 saturated heterocycles. The second-order valence-corrected chi connectivity index (χ2v) is 5.49. The number of nitrogens with one attached hydrogen (secondary N) is 1. The highest BCUT2D eigenvalue weighted by Crippen LogP contribution is 2.29. The lowest BCUT2D eigenvalue weighted by Gasteiger charge is -2.10. The highest BCUT2D eigenvalue weighted by atomic mass is 79.9. The van der Waals surface area contributed by atoms with E-state index in [1.165, 1.54) is 0 Å². The van der Waals surface area contributed by atoms with Crippen LogP contribution in [-0.2, 0) is 4.79 Å². The number of hydrogen-bond donors (Lipinski definition) is 1. The van der Waals surface area contributed by atoms with Crippen LogP contribution in [0, 0.1) is 12.8 Å². The van der Waals surface area contributed by atoms with Crippen LogP contribution in [0.2, 0.25) is 5.02 Å². The molecule has 0 bridgehead atoms. The van der Waals surface area contributed by atoms with Gasteiger partial charge in [-0.25, -0.2) is 0 Å². The molecule has 16 heavy (non-hydrogen) atoms. The van der Waals surface area contributed by atoms with E-state index in [4.69, 9.17) is 11.6 Å². The third-order valence-electron chi connectivity index (χ3n) is 2.12. The molecule has 1 amide bonds. The molecule has 0 aliphatic heterocycles. The number of rotatable bonds is 3. The lowest BCUT2D eigenvalue weighted by Crippen LogP contribution is -2.14. The van der Waals surface area contributed by atoms with Gasteiger partial charge < -0.3 is 5.32 Å². The number of benzene rings is 1. The van der Waals surface area contributed by atoms with E-state index in [-0.39, 0.29) is 5.91 Å². The van der Waals surface area contributed by atoms with Gasteiger partial charge in [0.1, 0.15) is 0 Å². The smallest absolute Gasteiger partial charge is 0.224 e. The van der Waals surface area contributed by atoms with Gasteiger partial charge in [0.25, 0.3) is 0 Å². The quantitative estimate of drug-likeness (QED) is 0.881. The van der Waals surface area contributed by atoms with E-state index in [0.717, 1.165) is 15.7 Å². The van der Waals surface area contributed by atoms with Crippen LogP contribution in [0.25, 0.3) is 0 Å². The Morgan fingerprint density at radius 1 is 1.50 bits per heavy atom. The zero-order valence-corrected chi connectivity index (χ0v) is 11.9. The summed E-state index contributed by atoms with van der Waals surface area (Å²) in [7, 11) is 0.